The molecule has 0 amide bonds. The second-order valence-corrected chi connectivity index (χ2v) is 7.37. The van der Waals surface area contributed by atoms with E-state index in [1.54, 1.807) is 30.2 Å². The molecule has 0 bridgehead atoms. The van der Waals surface area contributed by atoms with E-state index in [1.165, 1.54) is 11.1 Å². The number of methoxy groups -OCH3 is 1. The van der Waals surface area contributed by atoms with Crippen LogP contribution in [0.1, 0.15) is 11.1 Å². The number of nitrogens with zero attached hydrogens (tertiary/aromatic N) is 2. The number of rotatable bonds is 8. The first kappa shape index (κ1) is 16.8. The number of ether oxygens (including phenoxy) is 1. The zero-order valence-corrected chi connectivity index (χ0v) is 15.1. The van der Waals surface area contributed by atoms with Crippen LogP contribution in [0.15, 0.2) is 58.9 Å². The molecule has 3 rings (SSSR count). The molecule has 0 spiro atoms. The Balaban J connectivity index is 1.44. The van der Waals surface area contributed by atoms with Gasteiger partial charge < -0.3 is 10.1 Å². The minimum Gasteiger partial charge on any atom is -0.497 e. The lowest BCUT2D eigenvalue weighted by Crippen LogP contribution is -2.04. The lowest BCUT2D eigenvalue weighted by Gasteiger charge is -2.02. The molecule has 0 saturated carbocycles. The van der Waals surface area contributed by atoms with Crippen molar-refractivity contribution >= 4 is 28.2 Å². The van der Waals surface area contributed by atoms with E-state index in [9.17, 15) is 0 Å². The van der Waals surface area contributed by atoms with Crippen LogP contribution in [-0.4, -0.2) is 23.9 Å². The average molecular weight is 358 g/mol. The van der Waals surface area contributed by atoms with Crippen LogP contribution in [0.3, 0.4) is 0 Å². The van der Waals surface area contributed by atoms with Crippen LogP contribution >= 0.6 is 23.1 Å². The summed E-state index contributed by atoms with van der Waals surface area (Å²) in [5.74, 6) is 1.76. The topological polar surface area (TPSA) is 47.0 Å². The Morgan fingerprint density at radius 2 is 1.79 bits per heavy atom. The molecule has 0 fully saturated rings. The van der Waals surface area contributed by atoms with Crippen LogP contribution in [0.2, 0.25) is 0 Å². The predicted molar refractivity (Wildman–Crippen MR) is 101 cm³/mol. The van der Waals surface area contributed by atoms with Gasteiger partial charge in [0.2, 0.25) is 5.13 Å². The fourth-order valence-electron chi connectivity index (χ4n) is 2.16. The number of nitrogens with one attached hydrogen (secondary N) is 1. The Kier molecular flexibility index (Phi) is 6.09. The summed E-state index contributed by atoms with van der Waals surface area (Å²) < 4.78 is 6.15. The molecule has 4 nitrogen and oxygen atoms in total. The largest absolute Gasteiger partial charge is 0.497 e. The first-order valence-corrected chi connectivity index (χ1v) is 9.51. The molecule has 3 aromatic rings. The summed E-state index contributed by atoms with van der Waals surface area (Å²) in [6, 6.07) is 18.5. The summed E-state index contributed by atoms with van der Waals surface area (Å²) in [6.07, 6.45) is 0.981. The Labute approximate surface area is 150 Å². The summed E-state index contributed by atoms with van der Waals surface area (Å²) in [7, 11) is 1.68. The molecular weight excluding hydrogens is 338 g/mol. The zero-order chi connectivity index (χ0) is 16.6. The number of aromatic nitrogens is 2. The number of thioether (sulfide) groups is 1. The first-order chi connectivity index (χ1) is 11.8. The molecule has 24 heavy (non-hydrogen) atoms. The van der Waals surface area contributed by atoms with Crippen LogP contribution in [0.25, 0.3) is 0 Å². The Morgan fingerprint density at radius 1 is 1.00 bits per heavy atom. The van der Waals surface area contributed by atoms with E-state index in [4.69, 9.17) is 4.74 Å². The smallest absolute Gasteiger partial charge is 0.206 e. The maximum atomic E-state index is 5.17. The molecule has 0 aliphatic rings. The van der Waals surface area contributed by atoms with Gasteiger partial charge in [-0.15, -0.1) is 10.2 Å². The standard InChI is InChI=1S/C18H19N3OS2/c1-22-16-9-7-15(8-10-16)13-23-18-21-20-17(24-18)19-12-11-14-5-3-2-4-6-14/h2-10H,11-13H2,1H3,(H,19,20). The minimum absolute atomic E-state index is 0.863. The van der Waals surface area contributed by atoms with Crippen molar-refractivity contribution in [2.75, 3.05) is 19.0 Å². The molecule has 1 heterocycles. The monoisotopic (exact) mass is 357 g/mol. The van der Waals surface area contributed by atoms with Crippen LogP contribution < -0.4 is 10.1 Å². The highest BCUT2D eigenvalue weighted by molar-refractivity contribution is 8.00. The molecule has 0 aliphatic heterocycles. The van der Waals surface area contributed by atoms with Gasteiger partial charge >= 0.3 is 0 Å². The van der Waals surface area contributed by atoms with Gasteiger partial charge in [-0.25, -0.2) is 0 Å². The van der Waals surface area contributed by atoms with Crippen LogP contribution in [-0.2, 0) is 12.2 Å². The molecule has 0 unspecified atom stereocenters. The van der Waals surface area contributed by atoms with Crippen LogP contribution in [0.4, 0.5) is 5.13 Å². The van der Waals surface area contributed by atoms with E-state index >= 15 is 0 Å². The quantitative estimate of drug-likeness (QED) is 0.602. The van der Waals surface area contributed by atoms with Crippen LogP contribution in [0, 0.1) is 0 Å². The van der Waals surface area contributed by atoms with Crippen molar-refractivity contribution in [3.8, 4) is 5.75 Å². The third kappa shape index (κ3) is 4.97. The van der Waals surface area contributed by atoms with E-state index < -0.39 is 0 Å². The Morgan fingerprint density at radius 3 is 2.54 bits per heavy atom. The molecule has 0 radical (unpaired) electrons. The highest BCUT2D eigenvalue weighted by atomic mass is 32.2. The average Bonchev–Trinajstić information content (AvgIpc) is 3.09. The minimum atomic E-state index is 0.863. The van der Waals surface area contributed by atoms with Gasteiger partial charge in [-0.1, -0.05) is 65.6 Å². The molecule has 2 aromatic carbocycles. The van der Waals surface area contributed by atoms with Crippen molar-refractivity contribution in [2.24, 2.45) is 0 Å². The third-order valence-corrected chi connectivity index (χ3v) is 5.55. The number of benzene rings is 2. The lowest BCUT2D eigenvalue weighted by atomic mass is 10.2. The molecule has 0 saturated heterocycles. The van der Waals surface area contributed by atoms with E-state index in [0.717, 1.165) is 33.9 Å². The van der Waals surface area contributed by atoms with Crippen molar-refractivity contribution in [1.29, 1.82) is 0 Å². The fraction of sp³-hybridized carbons (Fsp3) is 0.222. The van der Waals surface area contributed by atoms with Gasteiger partial charge in [0.15, 0.2) is 4.34 Å². The maximum Gasteiger partial charge on any atom is 0.206 e. The summed E-state index contributed by atoms with van der Waals surface area (Å²) in [6.45, 7) is 0.863. The second kappa shape index (κ2) is 8.70. The van der Waals surface area contributed by atoms with E-state index in [2.05, 4.69) is 51.9 Å². The highest BCUT2D eigenvalue weighted by Crippen LogP contribution is 2.28. The van der Waals surface area contributed by atoms with Crippen molar-refractivity contribution in [1.82, 2.24) is 10.2 Å². The normalized spacial score (nSPS) is 10.5. The molecule has 6 heteroatoms. The molecule has 1 N–H and O–H groups in total. The molecule has 0 atom stereocenters. The van der Waals surface area contributed by atoms with Gasteiger partial charge in [0.05, 0.1) is 7.11 Å². The van der Waals surface area contributed by atoms with Crippen molar-refractivity contribution in [3.05, 3.63) is 65.7 Å². The van der Waals surface area contributed by atoms with Gasteiger partial charge in [-0.05, 0) is 29.7 Å². The van der Waals surface area contributed by atoms with Gasteiger partial charge in [-0.3, -0.25) is 0 Å². The maximum absolute atomic E-state index is 5.17. The number of hydrogen-bond acceptors (Lipinski definition) is 6. The summed E-state index contributed by atoms with van der Waals surface area (Å²) in [5, 5.41) is 12.7. The summed E-state index contributed by atoms with van der Waals surface area (Å²) in [5.41, 5.74) is 2.57. The van der Waals surface area contributed by atoms with Gasteiger partial charge in [0.25, 0.3) is 0 Å². The fourth-order valence-corrected chi connectivity index (χ4v) is 3.90. The van der Waals surface area contributed by atoms with E-state index in [1.807, 2.05) is 18.2 Å². The first-order valence-electron chi connectivity index (χ1n) is 7.70. The molecular formula is C18H19N3OS2. The van der Waals surface area contributed by atoms with Crippen molar-refractivity contribution in [2.45, 2.75) is 16.5 Å². The summed E-state index contributed by atoms with van der Waals surface area (Å²) in [4.78, 5) is 0. The van der Waals surface area contributed by atoms with E-state index in [0.29, 0.717) is 0 Å². The molecule has 124 valence electrons. The predicted octanol–water partition coefficient (Wildman–Crippen LogP) is 4.49. The molecule has 1 aromatic heterocycles. The van der Waals surface area contributed by atoms with Gasteiger partial charge in [0.1, 0.15) is 5.75 Å². The second-order valence-electron chi connectivity index (χ2n) is 5.17. The Bertz CT molecular complexity index is 744. The van der Waals surface area contributed by atoms with Gasteiger partial charge in [0, 0.05) is 12.3 Å². The number of anilines is 1. The van der Waals surface area contributed by atoms with Crippen LogP contribution in [0.5, 0.6) is 5.75 Å². The Hall–Kier alpha value is -2.05. The highest BCUT2D eigenvalue weighted by Gasteiger charge is 2.05. The zero-order valence-electron chi connectivity index (χ0n) is 13.4. The van der Waals surface area contributed by atoms with E-state index in [-0.39, 0.29) is 0 Å². The van der Waals surface area contributed by atoms with Crippen molar-refractivity contribution in [3.63, 3.8) is 0 Å². The SMILES string of the molecule is COc1ccc(CSc2nnc(NCCc3ccccc3)s2)cc1. The molecule has 0 aliphatic carbocycles. The lowest BCUT2D eigenvalue weighted by molar-refractivity contribution is 0.414. The summed E-state index contributed by atoms with van der Waals surface area (Å²) >= 11 is 3.30. The third-order valence-electron chi connectivity index (χ3n) is 3.46. The van der Waals surface area contributed by atoms with Gasteiger partial charge in [-0.2, -0.15) is 0 Å². The van der Waals surface area contributed by atoms with Crippen molar-refractivity contribution < 1.29 is 4.74 Å². The number of hydrogen-bond donors (Lipinski definition) is 1.